The van der Waals surface area contributed by atoms with E-state index in [9.17, 15) is 4.79 Å². The Bertz CT molecular complexity index is 707. The summed E-state index contributed by atoms with van der Waals surface area (Å²) in [5, 5.41) is 8.45. The number of hydrogen-bond acceptors (Lipinski definition) is 4. The summed E-state index contributed by atoms with van der Waals surface area (Å²) < 4.78 is 0. The largest absolute Gasteiger partial charge is 0.355 e. The zero-order valence-corrected chi connectivity index (χ0v) is 13.1. The summed E-state index contributed by atoms with van der Waals surface area (Å²) in [6, 6.07) is 11.8. The number of amides is 1. The van der Waals surface area contributed by atoms with Crippen molar-refractivity contribution in [3.8, 4) is 0 Å². The number of para-hydroxylation sites is 1. The predicted octanol–water partition coefficient (Wildman–Crippen LogP) is 2.67. The Labute approximate surface area is 135 Å². The normalized spacial score (nSPS) is 17.2. The summed E-state index contributed by atoms with van der Waals surface area (Å²) in [4.78, 5) is 16.9. The van der Waals surface area contributed by atoms with Gasteiger partial charge in [0.15, 0.2) is 11.5 Å². The summed E-state index contributed by atoms with van der Waals surface area (Å²) in [6.07, 6.45) is 4.42. The average Bonchev–Trinajstić information content (AvgIpc) is 3.15. The summed E-state index contributed by atoms with van der Waals surface area (Å²) in [7, 11) is 0. The number of hydrogen-bond donors (Lipinski definition) is 0. The molecule has 4 rings (SSSR count). The molecule has 1 saturated heterocycles. The summed E-state index contributed by atoms with van der Waals surface area (Å²) >= 11 is 0. The molecule has 0 N–H and O–H groups in total. The molecule has 2 aromatic rings. The number of carbonyl (C=O) groups excluding carboxylic acids is 1. The van der Waals surface area contributed by atoms with Crippen LogP contribution in [0.5, 0.6) is 0 Å². The summed E-state index contributed by atoms with van der Waals surface area (Å²) in [5.41, 5.74) is 2.66. The Balaban J connectivity index is 1.57. The zero-order chi connectivity index (χ0) is 15.6. The van der Waals surface area contributed by atoms with Crippen LogP contribution in [-0.2, 0) is 6.42 Å². The van der Waals surface area contributed by atoms with Crippen molar-refractivity contribution in [3.05, 3.63) is 47.7 Å². The minimum absolute atomic E-state index is 0.0578. The van der Waals surface area contributed by atoms with Crippen LogP contribution in [0.4, 0.5) is 11.5 Å². The van der Waals surface area contributed by atoms with Gasteiger partial charge in [0.1, 0.15) is 0 Å². The maximum absolute atomic E-state index is 12.8. The van der Waals surface area contributed by atoms with E-state index >= 15 is 0 Å². The zero-order valence-electron chi connectivity index (χ0n) is 13.1. The van der Waals surface area contributed by atoms with Crippen LogP contribution in [-0.4, -0.2) is 35.7 Å². The van der Waals surface area contributed by atoms with Gasteiger partial charge >= 0.3 is 0 Å². The highest BCUT2D eigenvalue weighted by atomic mass is 16.2. The van der Waals surface area contributed by atoms with Gasteiger partial charge in [0.2, 0.25) is 0 Å². The summed E-state index contributed by atoms with van der Waals surface area (Å²) in [6.45, 7) is 2.80. The molecule has 1 fully saturated rings. The lowest BCUT2D eigenvalue weighted by Crippen LogP contribution is -2.36. The van der Waals surface area contributed by atoms with Crippen molar-refractivity contribution >= 4 is 17.4 Å². The topological polar surface area (TPSA) is 49.3 Å². The van der Waals surface area contributed by atoms with Crippen molar-refractivity contribution in [1.29, 1.82) is 0 Å². The number of aromatic nitrogens is 2. The molecule has 118 valence electrons. The van der Waals surface area contributed by atoms with Gasteiger partial charge in [-0.2, -0.15) is 0 Å². The van der Waals surface area contributed by atoms with Gasteiger partial charge in [-0.25, -0.2) is 0 Å². The Morgan fingerprint density at radius 2 is 1.74 bits per heavy atom. The monoisotopic (exact) mass is 308 g/mol. The maximum Gasteiger partial charge on any atom is 0.278 e. The van der Waals surface area contributed by atoms with E-state index in [4.69, 9.17) is 0 Å². The first kappa shape index (κ1) is 14.2. The first-order chi connectivity index (χ1) is 11.3. The number of rotatable bonds is 2. The number of benzene rings is 1. The second-order valence-corrected chi connectivity index (χ2v) is 6.16. The molecule has 2 aliphatic heterocycles. The third-order valence-corrected chi connectivity index (χ3v) is 4.66. The van der Waals surface area contributed by atoms with Gasteiger partial charge in [-0.3, -0.25) is 4.79 Å². The second kappa shape index (κ2) is 5.99. The molecule has 1 amide bonds. The van der Waals surface area contributed by atoms with Crippen molar-refractivity contribution in [2.75, 3.05) is 29.4 Å². The van der Waals surface area contributed by atoms with Crippen LogP contribution in [0.15, 0.2) is 36.4 Å². The number of fused-ring (bicyclic) bond motifs is 1. The first-order valence-electron chi connectivity index (χ1n) is 8.31. The van der Waals surface area contributed by atoms with Gasteiger partial charge in [-0.1, -0.05) is 18.2 Å². The van der Waals surface area contributed by atoms with E-state index in [-0.39, 0.29) is 5.91 Å². The van der Waals surface area contributed by atoms with E-state index in [1.165, 1.54) is 18.4 Å². The molecular formula is C18H20N4O. The number of anilines is 2. The first-order valence-corrected chi connectivity index (χ1v) is 8.31. The second-order valence-electron chi connectivity index (χ2n) is 6.16. The van der Waals surface area contributed by atoms with Crippen LogP contribution in [0, 0.1) is 0 Å². The molecule has 0 bridgehead atoms. The van der Waals surface area contributed by atoms with E-state index in [0.29, 0.717) is 5.69 Å². The molecule has 0 aliphatic carbocycles. The van der Waals surface area contributed by atoms with E-state index in [0.717, 1.165) is 44.0 Å². The molecule has 2 aliphatic rings. The van der Waals surface area contributed by atoms with Gasteiger partial charge in [0.05, 0.1) is 0 Å². The average molecular weight is 308 g/mol. The highest BCUT2D eigenvalue weighted by Gasteiger charge is 2.24. The van der Waals surface area contributed by atoms with Crippen LogP contribution in [0.25, 0.3) is 0 Å². The van der Waals surface area contributed by atoms with Crippen molar-refractivity contribution in [2.24, 2.45) is 0 Å². The fraction of sp³-hybridized carbons (Fsp3) is 0.389. The highest BCUT2D eigenvalue weighted by molar-refractivity contribution is 6.05. The van der Waals surface area contributed by atoms with Crippen LogP contribution in [0.3, 0.4) is 0 Å². The maximum atomic E-state index is 12.8. The lowest BCUT2D eigenvalue weighted by atomic mass is 10.0. The van der Waals surface area contributed by atoms with Gasteiger partial charge in [-0.05, 0) is 49.4 Å². The van der Waals surface area contributed by atoms with Gasteiger partial charge in [-0.15, -0.1) is 10.2 Å². The lowest BCUT2D eigenvalue weighted by Gasteiger charge is -2.29. The Hall–Kier alpha value is -2.43. The molecular weight excluding hydrogens is 288 g/mol. The molecule has 5 heteroatoms. The molecule has 3 heterocycles. The molecule has 5 nitrogen and oxygen atoms in total. The molecule has 0 radical (unpaired) electrons. The van der Waals surface area contributed by atoms with E-state index in [1.54, 1.807) is 6.07 Å². The number of aryl methyl sites for hydroxylation is 1. The fourth-order valence-corrected chi connectivity index (χ4v) is 3.44. The van der Waals surface area contributed by atoms with E-state index in [1.807, 2.05) is 29.2 Å². The van der Waals surface area contributed by atoms with E-state index < -0.39 is 0 Å². The molecule has 23 heavy (non-hydrogen) atoms. The Morgan fingerprint density at radius 1 is 0.913 bits per heavy atom. The quantitative estimate of drug-likeness (QED) is 0.856. The molecule has 0 saturated carbocycles. The third-order valence-electron chi connectivity index (χ3n) is 4.66. The standard InChI is InChI=1S/C18H20N4O/c23-18(22-13-5-7-14-6-1-2-8-16(14)22)15-9-10-17(20-19-15)21-11-3-4-12-21/h1-2,6,8-10H,3-5,7,11-13H2. The van der Waals surface area contributed by atoms with Crippen LogP contribution >= 0.6 is 0 Å². The van der Waals surface area contributed by atoms with Gasteiger partial charge < -0.3 is 9.80 Å². The van der Waals surface area contributed by atoms with Crippen molar-refractivity contribution < 1.29 is 4.79 Å². The SMILES string of the molecule is O=C(c1ccc(N2CCCC2)nn1)N1CCCc2ccccc21. The van der Waals surface area contributed by atoms with Crippen LogP contribution < -0.4 is 9.80 Å². The number of nitrogens with zero attached hydrogens (tertiary/aromatic N) is 4. The molecule has 1 aromatic heterocycles. The van der Waals surface area contributed by atoms with Gasteiger partial charge in [0.25, 0.3) is 5.91 Å². The van der Waals surface area contributed by atoms with Crippen molar-refractivity contribution in [3.63, 3.8) is 0 Å². The summed E-state index contributed by atoms with van der Waals surface area (Å²) in [5.74, 6) is 0.815. The van der Waals surface area contributed by atoms with Gasteiger partial charge in [0, 0.05) is 25.3 Å². The Kier molecular flexibility index (Phi) is 3.69. The molecule has 0 spiro atoms. The Morgan fingerprint density at radius 3 is 2.52 bits per heavy atom. The third kappa shape index (κ3) is 2.67. The van der Waals surface area contributed by atoms with E-state index in [2.05, 4.69) is 21.2 Å². The molecule has 1 aromatic carbocycles. The smallest absolute Gasteiger partial charge is 0.278 e. The number of carbonyl (C=O) groups is 1. The predicted molar refractivity (Wildman–Crippen MR) is 89.9 cm³/mol. The minimum atomic E-state index is -0.0578. The van der Waals surface area contributed by atoms with Crippen molar-refractivity contribution in [1.82, 2.24) is 10.2 Å². The van der Waals surface area contributed by atoms with Crippen LogP contribution in [0.2, 0.25) is 0 Å². The van der Waals surface area contributed by atoms with Crippen molar-refractivity contribution in [2.45, 2.75) is 25.7 Å². The minimum Gasteiger partial charge on any atom is -0.355 e. The lowest BCUT2D eigenvalue weighted by molar-refractivity contribution is 0.0979. The fourth-order valence-electron chi connectivity index (χ4n) is 3.44. The molecule has 0 atom stereocenters. The van der Waals surface area contributed by atoms with Crippen LogP contribution in [0.1, 0.15) is 35.3 Å². The highest BCUT2D eigenvalue weighted by Crippen LogP contribution is 2.28. The molecule has 0 unspecified atom stereocenters.